The number of fused-ring (bicyclic) bond motifs is 4. The highest BCUT2D eigenvalue weighted by Crippen LogP contribution is 2.58. The van der Waals surface area contributed by atoms with Gasteiger partial charge in [-0.15, -0.1) is 0 Å². The van der Waals surface area contributed by atoms with Gasteiger partial charge < -0.3 is 8.83 Å². The molecule has 2 atom stereocenters. The molecular weight excluding hydrogens is 661 g/mol. The largest absolute Gasteiger partial charge is 0.462 e. The summed E-state index contributed by atoms with van der Waals surface area (Å²) >= 11 is 0. The first-order valence-corrected chi connectivity index (χ1v) is 21.8. The third kappa shape index (κ3) is 5.14. The third-order valence-corrected chi connectivity index (χ3v) is 16.0. The highest BCUT2D eigenvalue weighted by atomic mass is 28.3. The second-order valence-corrected chi connectivity index (χ2v) is 20.2. The highest BCUT2D eigenvalue weighted by molar-refractivity contribution is 6.84. The van der Waals surface area contributed by atoms with Gasteiger partial charge >= 0.3 is 0 Å². The van der Waals surface area contributed by atoms with E-state index in [1.54, 1.807) is 0 Å². The molecule has 53 heavy (non-hydrogen) atoms. The number of furan rings is 2. The molecule has 0 fully saturated rings. The number of aryl methyl sites for hydroxylation is 2. The predicted molar refractivity (Wildman–Crippen MR) is 224 cm³/mol. The number of allylic oxidation sites excluding steroid dienone is 2. The molecule has 0 amide bonds. The van der Waals surface area contributed by atoms with Crippen LogP contribution in [0.25, 0.3) is 67.1 Å². The van der Waals surface area contributed by atoms with Crippen molar-refractivity contribution in [3.8, 4) is 22.3 Å². The van der Waals surface area contributed by atoms with Crippen molar-refractivity contribution in [2.45, 2.75) is 38.0 Å². The van der Waals surface area contributed by atoms with Gasteiger partial charge in [0.05, 0.1) is 8.07 Å². The lowest BCUT2D eigenvalue weighted by atomic mass is 9.95. The standard InChI is InChI=1S/C50H40O2Si/c1-31-19-25-47(51-31)45-29-43-39(37-23-21-33-11-5-7-13-35(33)27-37)15-9-17-41(43)49(45)53(3,4)50-42-18-10-16-40(38-24-22-34-12-6-8-14-36(34)28-38)44(42)30-46(50)48-26-20-32(2)52-48/h5-30,49-50H,1-4H3. The molecule has 0 aliphatic heterocycles. The minimum atomic E-state index is -2.40. The minimum Gasteiger partial charge on any atom is -0.462 e. The summed E-state index contributed by atoms with van der Waals surface area (Å²) in [6, 6.07) is 53.4. The predicted octanol–water partition coefficient (Wildman–Crippen LogP) is 13.9. The number of benzene rings is 6. The van der Waals surface area contributed by atoms with Gasteiger partial charge in [0, 0.05) is 22.2 Å². The Labute approximate surface area is 311 Å². The van der Waals surface area contributed by atoms with Gasteiger partial charge in [-0.2, -0.15) is 0 Å². The summed E-state index contributed by atoms with van der Waals surface area (Å²) in [7, 11) is -2.40. The lowest BCUT2D eigenvalue weighted by molar-refractivity contribution is 0.519. The van der Waals surface area contributed by atoms with Gasteiger partial charge in [0.1, 0.15) is 23.0 Å². The van der Waals surface area contributed by atoms with Crippen molar-refractivity contribution < 1.29 is 8.83 Å². The van der Waals surface area contributed by atoms with E-state index in [0.29, 0.717) is 0 Å². The Morgan fingerprint density at radius 2 is 0.868 bits per heavy atom. The van der Waals surface area contributed by atoms with Crippen LogP contribution < -0.4 is 0 Å². The summed E-state index contributed by atoms with van der Waals surface area (Å²) in [5, 5.41) is 5.03. The molecule has 0 N–H and O–H groups in total. The summed E-state index contributed by atoms with van der Waals surface area (Å²) in [5.41, 5.74) is 13.4. The Bertz CT molecular complexity index is 2610. The first kappa shape index (κ1) is 31.8. The normalized spacial score (nSPS) is 16.5. The quantitative estimate of drug-likeness (QED) is 0.161. The molecule has 0 saturated heterocycles. The first-order chi connectivity index (χ1) is 25.8. The third-order valence-electron chi connectivity index (χ3n) is 11.8. The van der Waals surface area contributed by atoms with E-state index in [0.717, 1.165) is 23.0 Å². The molecule has 256 valence electrons. The van der Waals surface area contributed by atoms with Crippen molar-refractivity contribution in [2.24, 2.45) is 0 Å². The Kier molecular flexibility index (Phi) is 7.25. The van der Waals surface area contributed by atoms with E-state index in [2.05, 4.69) is 171 Å². The van der Waals surface area contributed by atoms with Crippen LogP contribution in [0, 0.1) is 13.8 Å². The summed E-state index contributed by atoms with van der Waals surface area (Å²) in [5.74, 6) is 3.80. The fourth-order valence-corrected chi connectivity index (χ4v) is 13.9. The van der Waals surface area contributed by atoms with E-state index >= 15 is 0 Å². The lowest BCUT2D eigenvalue weighted by Gasteiger charge is -2.39. The molecule has 2 nitrogen and oxygen atoms in total. The maximum Gasteiger partial charge on any atom is 0.130 e. The summed E-state index contributed by atoms with van der Waals surface area (Å²) in [4.78, 5) is 0. The van der Waals surface area contributed by atoms with Crippen molar-refractivity contribution in [3.05, 3.63) is 191 Å². The highest BCUT2D eigenvalue weighted by Gasteiger charge is 2.50. The van der Waals surface area contributed by atoms with Gasteiger partial charge in [0.25, 0.3) is 0 Å². The zero-order valence-corrected chi connectivity index (χ0v) is 31.5. The Morgan fingerprint density at radius 1 is 0.434 bits per heavy atom. The van der Waals surface area contributed by atoms with Crippen LogP contribution in [0.5, 0.6) is 0 Å². The molecule has 0 spiro atoms. The number of hydrogen-bond donors (Lipinski definition) is 0. The second kappa shape index (κ2) is 12.1. The Balaban J connectivity index is 1.17. The second-order valence-electron chi connectivity index (χ2n) is 15.4. The molecule has 3 heteroatoms. The maximum absolute atomic E-state index is 6.51. The molecule has 2 aliphatic rings. The molecule has 2 unspecified atom stereocenters. The summed E-state index contributed by atoms with van der Waals surface area (Å²) in [6.45, 7) is 9.27. The molecule has 2 aliphatic carbocycles. The minimum absolute atomic E-state index is 0.184. The van der Waals surface area contributed by atoms with Gasteiger partial charge in [-0.25, -0.2) is 0 Å². The average Bonchev–Trinajstić information content (AvgIpc) is 3.99. The van der Waals surface area contributed by atoms with Gasteiger partial charge in [0.2, 0.25) is 0 Å². The van der Waals surface area contributed by atoms with E-state index in [-0.39, 0.29) is 11.1 Å². The molecule has 8 aromatic rings. The van der Waals surface area contributed by atoms with Crippen molar-refractivity contribution in [1.29, 1.82) is 0 Å². The maximum atomic E-state index is 6.51. The molecule has 6 aromatic carbocycles. The van der Waals surface area contributed by atoms with Gasteiger partial charge in [0.15, 0.2) is 0 Å². The van der Waals surface area contributed by atoms with Crippen LogP contribution in [0.15, 0.2) is 154 Å². The lowest BCUT2D eigenvalue weighted by Crippen LogP contribution is -2.42. The van der Waals surface area contributed by atoms with E-state index in [1.165, 1.54) is 77.2 Å². The molecule has 0 radical (unpaired) electrons. The SMILES string of the molecule is Cc1ccc(C2=Cc3c(-c4ccc5ccccc5c4)cccc3C2[Si](C)(C)C2C(c3ccc(C)o3)=Cc3c(-c4ccc5ccccc5c4)cccc32)o1. The van der Waals surface area contributed by atoms with Crippen molar-refractivity contribution in [1.82, 2.24) is 0 Å². The van der Waals surface area contributed by atoms with E-state index < -0.39 is 8.07 Å². The molecular formula is C50H40O2Si. The first-order valence-electron chi connectivity index (χ1n) is 18.6. The Hall–Kier alpha value is -5.90. The molecule has 0 bridgehead atoms. The van der Waals surface area contributed by atoms with Crippen molar-refractivity contribution >= 4 is 52.9 Å². The number of rotatable bonds is 6. The van der Waals surface area contributed by atoms with Crippen LogP contribution in [0.1, 0.15) is 56.4 Å². The van der Waals surface area contributed by atoms with Gasteiger partial charge in [-0.1, -0.05) is 122 Å². The molecule has 10 rings (SSSR count). The summed E-state index contributed by atoms with van der Waals surface area (Å²) < 4.78 is 13.0. The monoisotopic (exact) mass is 700 g/mol. The van der Waals surface area contributed by atoms with Crippen LogP contribution in [0.2, 0.25) is 13.1 Å². The van der Waals surface area contributed by atoms with Crippen molar-refractivity contribution in [3.63, 3.8) is 0 Å². The van der Waals surface area contributed by atoms with Gasteiger partial charge in [-0.05, 0) is 128 Å². The van der Waals surface area contributed by atoms with Crippen LogP contribution in [-0.4, -0.2) is 8.07 Å². The number of hydrogen-bond acceptors (Lipinski definition) is 2. The smallest absolute Gasteiger partial charge is 0.130 e. The molecule has 2 aromatic heterocycles. The van der Waals surface area contributed by atoms with Crippen LogP contribution >= 0.6 is 0 Å². The summed E-state index contributed by atoms with van der Waals surface area (Å²) in [6.07, 6.45) is 4.89. The zero-order chi connectivity index (χ0) is 35.8. The average molecular weight is 701 g/mol. The molecule has 2 heterocycles. The van der Waals surface area contributed by atoms with E-state index in [1.807, 2.05) is 13.8 Å². The van der Waals surface area contributed by atoms with Crippen LogP contribution in [0.4, 0.5) is 0 Å². The molecule has 0 saturated carbocycles. The fourth-order valence-electron chi connectivity index (χ4n) is 9.40. The van der Waals surface area contributed by atoms with E-state index in [9.17, 15) is 0 Å². The van der Waals surface area contributed by atoms with E-state index in [4.69, 9.17) is 8.83 Å². The zero-order valence-electron chi connectivity index (χ0n) is 30.5. The topological polar surface area (TPSA) is 26.3 Å². The fraction of sp³-hybridized carbons (Fsp3) is 0.120. The van der Waals surface area contributed by atoms with Crippen molar-refractivity contribution in [2.75, 3.05) is 0 Å². The van der Waals surface area contributed by atoms with Crippen LogP contribution in [-0.2, 0) is 0 Å². The van der Waals surface area contributed by atoms with Crippen LogP contribution in [0.3, 0.4) is 0 Å². The Morgan fingerprint density at radius 3 is 1.28 bits per heavy atom. The van der Waals surface area contributed by atoms with Gasteiger partial charge in [-0.3, -0.25) is 0 Å².